The van der Waals surface area contributed by atoms with Crippen molar-refractivity contribution in [3.63, 3.8) is 0 Å². The third-order valence-corrected chi connectivity index (χ3v) is 4.53. The van der Waals surface area contributed by atoms with Crippen molar-refractivity contribution in [2.45, 2.75) is 13.1 Å². The molecule has 0 spiro atoms. The second-order valence-electron chi connectivity index (χ2n) is 6.49. The summed E-state index contributed by atoms with van der Waals surface area (Å²) in [5, 5.41) is 0. The molecule has 134 valence electrons. The Labute approximate surface area is 166 Å². The maximum Gasteiger partial charge on any atom is 0.173 e. The van der Waals surface area contributed by atoms with Crippen LogP contribution in [0.25, 0.3) is 11.1 Å². The van der Waals surface area contributed by atoms with Crippen LogP contribution in [0.2, 0.25) is 0 Å². The van der Waals surface area contributed by atoms with Crippen LogP contribution in [-0.2, 0) is 13.1 Å². The van der Waals surface area contributed by atoms with E-state index in [0.29, 0.717) is 0 Å². The third-order valence-electron chi connectivity index (χ3n) is 4.53. The summed E-state index contributed by atoms with van der Waals surface area (Å²) >= 11 is 0. The fourth-order valence-electron chi connectivity index (χ4n) is 3.10. The van der Waals surface area contributed by atoms with Gasteiger partial charge in [-0.2, -0.15) is 0 Å². The summed E-state index contributed by atoms with van der Waals surface area (Å²) in [6, 6.07) is 29.8. The molecule has 0 aliphatic carbocycles. The minimum atomic E-state index is 0. The van der Waals surface area contributed by atoms with Gasteiger partial charge in [0.15, 0.2) is 37.9 Å². The van der Waals surface area contributed by atoms with E-state index in [1.807, 2.05) is 0 Å². The highest BCUT2D eigenvalue weighted by molar-refractivity contribution is 5.60. The number of aromatic nitrogens is 2. The predicted molar refractivity (Wildman–Crippen MR) is 103 cm³/mol. The van der Waals surface area contributed by atoms with E-state index in [2.05, 4.69) is 119 Å². The highest BCUT2D eigenvalue weighted by atomic mass is 35.5. The van der Waals surface area contributed by atoms with Crippen LogP contribution in [0.1, 0.15) is 11.1 Å². The Morgan fingerprint density at radius 3 is 1.11 bits per heavy atom. The smallest absolute Gasteiger partial charge is 0.173 e. The van der Waals surface area contributed by atoms with Gasteiger partial charge in [0.25, 0.3) is 0 Å². The van der Waals surface area contributed by atoms with Crippen molar-refractivity contribution in [2.75, 3.05) is 0 Å². The molecule has 3 heteroatoms. The van der Waals surface area contributed by atoms with Gasteiger partial charge in [-0.3, -0.25) is 0 Å². The Morgan fingerprint density at radius 1 is 0.444 bits per heavy atom. The van der Waals surface area contributed by atoms with E-state index < -0.39 is 0 Å². The van der Waals surface area contributed by atoms with Crippen molar-refractivity contribution in [1.29, 1.82) is 0 Å². The number of benzene rings is 2. The number of hydrogen-bond acceptors (Lipinski definition) is 0. The van der Waals surface area contributed by atoms with Crippen molar-refractivity contribution in [3.05, 3.63) is 121 Å². The van der Waals surface area contributed by atoms with E-state index in [0.717, 1.165) is 13.1 Å². The average Bonchev–Trinajstić information content (AvgIpc) is 2.71. The van der Waals surface area contributed by atoms with Crippen LogP contribution in [0.3, 0.4) is 0 Å². The summed E-state index contributed by atoms with van der Waals surface area (Å²) in [4.78, 5) is 0. The van der Waals surface area contributed by atoms with E-state index >= 15 is 0 Å². The van der Waals surface area contributed by atoms with Crippen LogP contribution in [0.4, 0.5) is 0 Å². The first kappa shape index (κ1) is 18.8. The summed E-state index contributed by atoms with van der Waals surface area (Å²) in [6.45, 7) is 1.79. The molecule has 0 radical (unpaired) electrons. The number of hydrogen-bond donors (Lipinski definition) is 0. The lowest BCUT2D eigenvalue weighted by Gasteiger charge is -2.02. The first-order valence-electron chi connectivity index (χ1n) is 8.93. The van der Waals surface area contributed by atoms with Gasteiger partial charge in [0, 0.05) is 35.4 Å². The van der Waals surface area contributed by atoms with Gasteiger partial charge in [0.05, 0.1) is 0 Å². The molecule has 4 aromatic rings. The minimum Gasteiger partial charge on any atom is -1.00 e. The van der Waals surface area contributed by atoms with Gasteiger partial charge >= 0.3 is 0 Å². The van der Waals surface area contributed by atoms with Crippen LogP contribution in [0.5, 0.6) is 0 Å². The summed E-state index contributed by atoms with van der Waals surface area (Å²) < 4.78 is 4.41. The first-order valence-corrected chi connectivity index (χ1v) is 8.93. The van der Waals surface area contributed by atoms with Crippen LogP contribution >= 0.6 is 0 Å². The zero-order chi connectivity index (χ0) is 17.6. The summed E-state index contributed by atoms with van der Waals surface area (Å²) in [5.41, 5.74) is 5.10. The van der Waals surface area contributed by atoms with E-state index in [1.165, 1.54) is 22.3 Å². The Balaban J connectivity index is 0.00000210. The molecule has 2 heterocycles. The average molecular weight is 374 g/mol. The van der Waals surface area contributed by atoms with Crippen LogP contribution < -0.4 is 21.5 Å². The van der Waals surface area contributed by atoms with Crippen molar-refractivity contribution >= 4 is 0 Å². The molecule has 0 fully saturated rings. The van der Waals surface area contributed by atoms with Crippen LogP contribution in [-0.4, -0.2) is 0 Å². The fourth-order valence-corrected chi connectivity index (χ4v) is 3.10. The number of pyridine rings is 2. The van der Waals surface area contributed by atoms with Gasteiger partial charge in [-0.15, -0.1) is 0 Å². The largest absolute Gasteiger partial charge is 1.00 e. The SMILES string of the molecule is [Cl-].c1ccc(C[n+]2ccc(-c3cc[n+](Cc4ccccc4)cc3)cc2)cc1. The number of nitrogens with zero attached hydrogens (tertiary/aromatic N) is 2. The molecule has 2 aromatic heterocycles. The van der Waals surface area contributed by atoms with Gasteiger partial charge < -0.3 is 12.4 Å². The maximum absolute atomic E-state index is 2.21. The molecule has 0 atom stereocenters. The van der Waals surface area contributed by atoms with Crippen LogP contribution in [0, 0.1) is 0 Å². The summed E-state index contributed by atoms with van der Waals surface area (Å²) in [5.74, 6) is 0. The van der Waals surface area contributed by atoms with Crippen molar-refractivity contribution in [3.8, 4) is 11.1 Å². The van der Waals surface area contributed by atoms with Gasteiger partial charge in [-0.1, -0.05) is 60.7 Å². The summed E-state index contributed by atoms with van der Waals surface area (Å²) in [7, 11) is 0. The highest BCUT2D eigenvalue weighted by Gasteiger charge is 2.07. The molecule has 0 saturated carbocycles. The van der Waals surface area contributed by atoms with Gasteiger partial charge in [0.1, 0.15) is 0 Å². The third kappa shape index (κ3) is 5.02. The topological polar surface area (TPSA) is 7.76 Å². The van der Waals surface area contributed by atoms with E-state index in [1.54, 1.807) is 0 Å². The molecule has 2 aromatic carbocycles. The van der Waals surface area contributed by atoms with Crippen molar-refractivity contribution < 1.29 is 21.5 Å². The Morgan fingerprint density at radius 2 is 0.778 bits per heavy atom. The molecular formula is C24H22ClN2+. The lowest BCUT2D eigenvalue weighted by Crippen LogP contribution is -3.00. The molecule has 0 amide bonds. The molecule has 0 aliphatic rings. The molecule has 0 bridgehead atoms. The predicted octanol–water partition coefficient (Wildman–Crippen LogP) is 1.03. The molecule has 0 aliphatic heterocycles. The molecule has 0 N–H and O–H groups in total. The Kier molecular flexibility index (Phi) is 6.35. The van der Waals surface area contributed by atoms with Crippen molar-refractivity contribution in [2.24, 2.45) is 0 Å². The normalized spacial score (nSPS) is 10.2. The second kappa shape index (κ2) is 9.11. The minimum absolute atomic E-state index is 0. The summed E-state index contributed by atoms with van der Waals surface area (Å²) in [6.07, 6.45) is 8.58. The van der Waals surface area contributed by atoms with E-state index in [9.17, 15) is 0 Å². The highest BCUT2D eigenvalue weighted by Crippen LogP contribution is 2.15. The molecule has 27 heavy (non-hydrogen) atoms. The lowest BCUT2D eigenvalue weighted by molar-refractivity contribution is -0.688. The molecule has 0 unspecified atom stereocenters. The standard InChI is InChI=1S/C24H22N2.ClH/c1-3-7-21(8-4-1)19-25-15-11-23(12-16-25)24-13-17-26(18-14-24)20-22-9-5-2-6-10-22;/h1-18H,19-20H2;1H/q+2;/p-1. The number of halogens is 1. The Hall–Kier alpha value is -2.97. The second-order valence-corrected chi connectivity index (χ2v) is 6.49. The monoisotopic (exact) mass is 373 g/mol. The molecule has 4 rings (SSSR count). The van der Waals surface area contributed by atoms with Gasteiger partial charge in [-0.25, -0.2) is 9.13 Å². The van der Waals surface area contributed by atoms with E-state index in [-0.39, 0.29) is 12.4 Å². The Bertz CT molecular complexity index is 868. The lowest BCUT2D eigenvalue weighted by atomic mass is 10.1. The molecule has 2 nitrogen and oxygen atoms in total. The van der Waals surface area contributed by atoms with Crippen molar-refractivity contribution in [1.82, 2.24) is 0 Å². The quantitative estimate of drug-likeness (QED) is 0.462. The zero-order valence-corrected chi connectivity index (χ0v) is 15.8. The first-order chi connectivity index (χ1) is 12.9. The zero-order valence-electron chi connectivity index (χ0n) is 15.1. The number of rotatable bonds is 5. The maximum atomic E-state index is 2.21. The molecule has 0 saturated heterocycles. The van der Waals surface area contributed by atoms with Gasteiger partial charge in [-0.05, 0) is 11.1 Å². The van der Waals surface area contributed by atoms with Gasteiger partial charge in [0.2, 0.25) is 0 Å². The molecular weight excluding hydrogens is 352 g/mol. The van der Waals surface area contributed by atoms with E-state index in [4.69, 9.17) is 0 Å². The van der Waals surface area contributed by atoms with Crippen LogP contribution in [0.15, 0.2) is 110 Å². The fraction of sp³-hybridized carbons (Fsp3) is 0.0833.